The number of nitrogens with one attached hydrogen (secondary N) is 1. The van der Waals surface area contributed by atoms with Gasteiger partial charge >= 0.3 is 179 Å². The summed E-state index contributed by atoms with van der Waals surface area (Å²) < 4.78 is 49.1. The Hall–Kier alpha value is -2.38. The van der Waals surface area contributed by atoms with Crippen molar-refractivity contribution >= 4 is 64.6 Å². The van der Waals surface area contributed by atoms with Gasteiger partial charge in [-0.05, 0) is 32.9 Å². The van der Waals surface area contributed by atoms with Gasteiger partial charge in [0.2, 0.25) is 0 Å². The van der Waals surface area contributed by atoms with Crippen molar-refractivity contribution in [2.75, 3.05) is 11.1 Å². The number of benzene rings is 2. The van der Waals surface area contributed by atoms with Crippen molar-refractivity contribution in [2.45, 2.75) is 87.9 Å². The summed E-state index contributed by atoms with van der Waals surface area (Å²) in [5, 5.41) is 3.56. The van der Waals surface area contributed by atoms with Crippen molar-refractivity contribution in [3.8, 4) is 0 Å². The molecule has 2 radical (unpaired) electrons. The fraction of sp³-hybridized carbons (Fsp3) is 0.459. The van der Waals surface area contributed by atoms with Crippen LogP contribution in [-0.2, 0) is 0 Å². The van der Waals surface area contributed by atoms with Crippen LogP contribution in [0, 0.1) is 29.9 Å². The Morgan fingerprint density at radius 1 is 1.17 bits per heavy atom. The molecule has 6 rings (SSSR count). The van der Waals surface area contributed by atoms with Gasteiger partial charge in [0.05, 0.1) is 5.69 Å². The summed E-state index contributed by atoms with van der Waals surface area (Å²) >= 11 is -0.726. The Kier molecular flexibility index (Phi) is 10.1. The third-order valence-electron chi connectivity index (χ3n) is 10.4. The minimum atomic E-state index is -1.95. The van der Waals surface area contributed by atoms with Gasteiger partial charge in [-0.3, -0.25) is 0 Å². The first kappa shape index (κ1) is 35.9. The first-order valence-corrected chi connectivity index (χ1v) is 27.0. The maximum absolute atomic E-state index is 15.4. The van der Waals surface area contributed by atoms with E-state index in [4.69, 9.17) is 18.6 Å². The van der Waals surface area contributed by atoms with Crippen molar-refractivity contribution < 1.29 is 13.2 Å². The molecule has 1 atom stereocenters. The molecule has 3 heterocycles. The molecule has 250 valence electrons. The van der Waals surface area contributed by atoms with E-state index in [-0.39, 0.29) is 22.9 Å². The van der Waals surface area contributed by atoms with Crippen LogP contribution in [0.1, 0.15) is 63.8 Å². The molecule has 4 nitrogen and oxygen atoms in total. The summed E-state index contributed by atoms with van der Waals surface area (Å²) in [7, 11) is 5.31. The van der Waals surface area contributed by atoms with Crippen molar-refractivity contribution in [1.29, 1.82) is 0 Å². The van der Waals surface area contributed by atoms with E-state index in [0.717, 1.165) is 17.6 Å². The summed E-state index contributed by atoms with van der Waals surface area (Å²) in [4.78, 5) is 13.1. The molecule has 0 amide bonds. The fourth-order valence-corrected chi connectivity index (χ4v) is 34.1. The van der Waals surface area contributed by atoms with Gasteiger partial charge in [0, 0.05) is 0 Å². The molecule has 3 fully saturated rings. The molecule has 3 aromatic rings. The average molecular weight is 769 g/mol. The zero-order chi connectivity index (χ0) is 34.4. The first-order chi connectivity index (χ1) is 22.0. The number of alkyl halides is 1. The van der Waals surface area contributed by atoms with E-state index in [2.05, 4.69) is 28.7 Å². The van der Waals surface area contributed by atoms with E-state index in [1.807, 2.05) is 13.0 Å². The third-order valence-corrected chi connectivity index (χ3v) is 28.6. The molecule has 1 aliphatic carbocycles. The Morgan fingerprint density at radius 2 is 1.83 bits per heavy atom. The number of rotatable bonds is 9. The van der Waals surface area contributed by atoms with Crippen LogP contribution >= 0.6 is 11.8 Å². The molecule has 0 bridgehead atoms. The molecule has 2 spiro atoms. The fourth-order valence-electron chi connectivity index (χ4n) is 7.40. The van der Waals surface area contributed by atoms with Gasteiger partial charge in [-0.15, -0.1) is 0 Å². The second-order valence-corrected chi connectivity index (χ2v) is 35.5. The van der Waals surface area contributed by atoms with E-state index in [1.54, 1.807) is 60.9 Å². The van der Waals surface area contributed by atoms with Gasteiger partial charge in [0.15, 0.2) is 0 Å². The average Bonchev–Trinajstić information content (AvgIpc) is 3.69. The predicted octanol–water partition coefficient (Wildman–Crippen LogP) is 9.66. The van der Waals surface area contributed by atoms with E-state index >= 15 is 4.39 Å². The van der Waals surface area contributed by atoms with Crippen molar-refractivity contribution in [3.63, 3.8) is 0 Å². The summed E-state index contributed by atoms with van der Waals surface area (Å²) in [5.41, 5.74) is 7.85. The second-order valence-electron chi connectivity index (χ2n) is 15.1. The van der Waals surface area contributed by atoms with Gasteiger partial charge in [0.25, 0.3) is 0 Å². The molecule has 2 aliphatic heterocycles. The van der Waals surface area contributed by atoms with Crippen LogP contribution in [0.4, 0.5) is 24.8 Å². The standard InChI is InChI=1S/C27H34F2N4S.C7H6BF.C2H4.CH3.Sb/c1-8-16(2)22(19-10-9-11-20(30)23(19)28)24(34-17(3)27(6,7)29)21-12-13-31-25(33-21)32-18-14-26(4,5)15-18;1-5-3-2-4-6(9)7(5)8;1-2;;/h9-13,16,18H,3-5,8,14-15,30H2,1-2,6-7H3,(H,31,32,33);2-4H,1H3;1-2H2;1H3;/b24-22+;;;;. The monoisotopic (exact) mass is 768 g/mol. The quantitative estimate of drug-likeness (QED) is 0.168. The topological polar surface area (TPSA) is 63.8 Å². The number of halogens is 3. The number of aromatic nitrogens is 2. The normalized spacial score (nSPS) is 23.9. The number of anilines is 2. The van der Waals surface area contributed by atoms with Gasteiger partial charge in [-0.25, -0.2) is 13.2 Å². The molecule has 47 heavy (non-hydrogen) atoms. The zero-order valence-corrected chi connectivity index (χ0v) is 31.8. The van der Waals surface area contributed by atoms with Gasteiger partial charge < -0.3 is 5.73 Å². The van der Waals surface area contributed by atoms with E-state index in [1.165, 1.54) is 44.5 Å². The number of nitrogen functional groups attached to an aromatic ring is 1. The molecule has 1 saturated carbocycles. The first-order valence-electron chi connectivity index (χ1n) is 16.4. The number of allylic oxidation sites excluding steroid dienone is 2. The van der Waals surface area contributed by atoms with E-state index in [0.29, 0.717) is 38.5 Å². The Labute approximate surface area is 285 Å². The van der Waals surface area contributed by atoms with E-state index < -0.39 is 28.9 Å². The van der Waals surface area contributed by atoms with Gasteiger partial charge in [-0.2, -0.15) is 0 Å². The molecular formula is C37H47BF3N4SSb. The SMILES string of the molecule is C=C(S/C(=C(/c1cccc(N)c1F)C(C)CC)c1ccnc(NC2CC3(C2)[CH2][Sb]2([CH3])([CH2][CH2]2)[CH2]3)n1)C(C)(C)F.[B]c1c(C)cccc1F. The van der Waals surface area contributed by atoms with Crippen molar-refractivity contribution in [2.24, 2.45) is 11.3 Å². The van der Waals surface area contributed by atoms with Crippen LogP contribution in [0.15, 0.2) is 60.1 Å². The minimum Gasteiger partial charge on any atom is -0.239 e. The summed E-state index contributed by atoms with van der Waals surface area (Å²) in [6.45, 7) is 12.9. The molecule has 1 unspecified atom stereocenters. The Balaban J connectivity index is 0.000000417. The van der Waals surface area contributed by atoms with Crippen LogP contribution in [0.3, 0.4) is 0 Å². The molecule has 2 saturated heterocycles. The van der Waals surface area contributed by atoms with Gasteiger partial charge in [0.1, 0.15) is 13.7 Å². The van der Waals surface area contributed by atoms with Crippen LogP contribution in [-0.4, -0.2) is 46.9 Å². The summed E-state index contributed by atoms with van der Waals surface area (Å²) in [6.07, 6.45) is 4.90. The van der Waals surface area contributed by atoms with Gasteiger partial charge in [-0.1, -0.05) is 36.1 Å². The molecule has 3 aliphatic rings. The molecule has 2 aromatic carbocycles. The van der Waals surface area contributed by atoms with Crippen LogP contribution in [0.25, 0.3) is 10.5 Å². The van der Waals surface area contributed by atoms with Crippen LogP contribution in [0.5, 0.6) is 0 Å². The summed E-state index contributed by atoms with van der Waals surface area (Å²) in [5.74, 6) is -0.263. The van der Waals surface area contributed by atoms with Crippen LogP contribution in [0.2, 0.25) is 22.3 Å². The number of thioether (sulfide) groups is 1. The molecule has 3 N–H and O–H groups in total. The number of hydrogen-bond acceptors (Lipinski definition) is 5. The Morgan fingerprint density at radius 3 is 2.40 bits per heavy atom. The second kappa shape index (κ2) is 13.2. The number of nitrogens with two attached hydrogens (primary N) is 1. The predicted molar refractivity (Wildman–Crippen MR) is 197 cm³/mol. The van der Waals surface area contributed by atoms with Crippen molar-refractivity contribution in [3.05, 3.63) is 88.6 Å². The smallest absolute Gasteiger partial charge is 0.239 e. The van der Waals surface area contributed by atoms with Crippen LogP contribution < -0.4 is 16.5 Å². The minimum absolute atomic E-state index is 0.0250. The van der Waals surface area contributed by atoms with E-state index in [9.17, 15) is 8.78 Å². The Bertz CT molecular complexity index is 1680. The number of nitrogens with zero attached hydrogens (tertiary/aromatic N) is 2. The molecular weight excluding hydrogens is 722 g/mol. The molecule has 1 aromatic heterocycles. The number of aryl methyl sites for hydroxylation is 1. The summed E-state index contributed by atoms with van der Waals surface area (Å²) in [6, 6.07) is 12.0. The molecule has 10 heteroatoms. The zero-order valence-electron chi connectivity index (χ0n) is 28.5. The third kappa shape index (κ3) is 7.77. The van der Waals surface area contributed by atoms with Crippen molar-refractivity contribution in [1.82, 2.24) is 9.97 Å². The maximum atomic E-state index is 15.4. The number of hydrogen-bond donors (Lipinski definition) is 2.